The van der Waals surface area contributed by atoms with Crippen LogP contribution in [0, 0.1) is 0 Å². The Morgan fingerprint density at radius 1 is 1.40 bits per heavy atom. The lowest BCUT2D eigenvalue weighted by Crippen LogP contribution is -1.66. The Bertz CT molecular complexity index is 246. The predicted molar refractivity (Wildman–Crippen MR) is 44.3 cm³/mol. The second-order valence-corrected chi connectivity index (χ2v) is 2.39. The van der Waals surface area contributed by atoms with Gasteiger partial charge in [-0.3, -0.25) is 4.40 Å². The highest BCUT2D eigenvalue weighted by Gasteiger charge is 1.88. The van der Waals surface area contributed by atoms with E-state index >= 15 is 0 Å². The molecule has 0 spiro atoms. The lowest BCUT2D eigenvalue weighted by Gasteiger charge is -1.71. The molecule has 52 valence electrons. The first-order valence-corrected chi connectivity index (χ1v) is 3.71. The molecule has 0 aliphatic rings. The maximum atomic E-state index is 4.06. The third-order valence-corrected chi connectivity index (χ3v) is 1.81. The zero-order valence-electron chi connectivity index (χ0n) is 5.53. The molecule has 0 aliphatic heterocycles. The second-order valence-electron chi connectivity index (χ2n) is 1.52. The Kier molecular flexibility index (Phi) is 2.23. The Balaban J connectivity index is 0.000000231. The van der Waals surface area contributed by atoms with Crippen LogP contribution in [-0.4, -0.2) is 9.38 Å². The maximum Gasteiger partial charge on any atom is 0.193 e. The third-order valence-electron chi connectivity index (χ3n) is 1.03. The van der Waals surface area contributed by atoms with Gasteiger partial charge in [0.1, 0.15) is 0 Å². The molecule has 0 radical (unpaired) electrons. The number of imidazole rings is 1. The molecule has 0 amide bonds. The lowest BCUT2D eigenvalue weighted by atomic mass is 10.9. The fourth-order valence-corrected chi connectivity index (χ4v) is 1.34. The SMILES string of the molecule is C=C.c1cn2ccsc2n1. The van der Waals surface area contributed by atoms with Crippen LogP contribution in [0.1, 0.15) is 0 Å². The molecule has 3 heteroatoms. The number of rotatable bonds is 0. The summed E-state index contributed by atoms with van der Waals surface area (Å²) in [5, 5.41) is 2.02. The smallest absolute Gasteiger partial charge is 0.193 e. The molecule has 0 saturated carbocycles. The number of nitrogens with zero attached hydrogens (tertiary/aromatic N) is 2. The minimum atomic E-state index is 1.06. The molecule has 2 nitrogen and oxygen atoms in total. The molecule has 0 aromatic carbocycles. The monoisotopic (exact) mass is 152 g/mol. The van der Waals surface area contributed by atoms with Crippen LogP contribution in [-0.2, 0) is 0 Å². The van der Waals surface area contributed by atoms with Crippen LogP contribution in [0.3, 0.4) is 0 Å². The molecule has 0 unspecified atom stereocenters. The molecular formula is C7H8N2S. The molecule has 0 N–H and O–H groups in total. The fraction of sp³-hybridized carbons (Fsp3) is 0. The summed E-state index contributed by atoms with van der Waals surface area (Å²) in [5.41, 5.74) is 0. The minimum Gasteiger partial charge on any atom is -0.298 e. The highest BCUT2D eigenvalue weighted by molar-refractivity contribution is 7.15. The Hall–Kier alpha value is -1.09. The van der Waals surface area contributed by atoms with Gasteiger partial charge in [0, 0.05) is 24.0 Å². The minimum absolute atomic E-state index is 1.06. The zero-order valence-corrected chi connectivity index (χ0v) is 6.34. The van der Waals surface area contributed by atoms with E-state index in [2.05, 4.69) is 18.1 Å². The van der Waals surface area contributed by atoms with Crippen molar-refractivity contribution in [3.8, 4) is 0 Å². The van der Waals surface area contributed by atoms with Crippen LogP contribution in [0.4, 0.5) is 0 Å². The fourth-order valence-electron chi connectivity index (χ4n) is 0.661. The Morgan fingerprint density at radius 3 is 2.90 bits per heavy atom. The largest absolute Gasteiger partial charge is 0.298 e. The van der Waals surface area contributed by atoms with Gasteiger partial charge >= 0.3 is 0 Å². The van der Waals surface area contributed by atoms with E-state index in [0.29, 0.717) is 0 Å². The molecule has 2 heterocycles. The van der Waals surface area contributed by atoms with Gasteiger partial charge in [0.05, 0.1) is 0 Å². The van der Waals surface area contributed by atoms with Gasteiger partial charge in [-0.05, 0) is 0 Å². The normalized spacial score (nSPS) is 8.80. The van der Waals surface area contributed by atoms with Gasteiger partial charge in [0.15, 0.2) is 4.96 Å². The van der Waals surface area contributed by atoms with E-state index in [-0.39, 0.29) is 0 Å². The molecule has 0 saturated heterocycles. The molecular weight excluding hydrogens is 144 g/mol. The van der Waals surface area contributed by atoms with Crippen molar-refractivity contribution in [1.29, 1.82) is 0 Å². The quantitative estimate of drug-likeness (QED) is 0.529. The van der Waals surface area contributed by atoms with Crippen molar-refractivity contribution in [2.24, 2.45) is 0 Å². The molecule has 0 bridgehead atoms. The Labute approximate surface area is 63.5 Å². The van der Waals surface area contributed by atoms with Gasteiger partial charge in [-0.1, -0.05) is 0 Å². The lowest BCUT2D eigenvalue weighted by molar-refractivity contribution is 1.23. The van der Waals surface area contributed by atoms with E-state index < -0.39 is 0 Å². The summed E-state index contributed by atoms with van der Waals surface area (Å²) in [5.74, 6) is 0. The molecule has 2 aromatic heterocycles. The molecule has 2 rings (SSSR count). The average Bonchev–Trinajstić information content (AvgIpc) is 2.49. The van der Waals surface area contributed by atoms with Crippen LogP contribution in [0.2, 0.25) is 0 Å². The van der Waals surface area contributed by atoms with E-state index in [1.165, 1.54) is 0 Å². The van der Waals surface area contributed by atoms with Gasteiger partial charge in [0.2, 0.25) is 0 Å². The summed E-state index contributed by atoms with van der Waals surface area (Å²) in [4.78, 5) is 5.12. The molecule has 0 aliphatic carbocycles. The number of thiazole rings is 1. The first kappa shape index (κ1) is 7.02. The van der Waals surface area contributed by atoms with Crippen molar-refractivity contribution in [2.45, 2.75) is 0 Å². The van der Waals surface area contributed by atoms with Crippen molar-refractivity contribution in [2.75, 3.05) is 0 Å². The number of hydrogen-bond acceptors (Lipinski definition) is 2. The van der Waals surface area contributed by atoms with Gasteiger partial charge < -0.3 is 0 Å². The standard InChI is InChI=1S/C5H4N2S.C2H4/c1-2-7-3-4-8-5(7)6-1;1-2/h1-4H;1-2H2. The van der Waals surface area contributed by atoms with Crippen molar-refractivity contribution < 1.29 is 0 Å². The van der Waals surface area contributed by atoms with Gasteiger partial charge in [-0.25, -0.2) is 4.98 Å². The third kappa shape index (κ3) is 1.09. The summed E-state index contributed by atoms with van der Waals surface area (Å²) >= 11 is 1.65. The summed E-state index contributed by atoms with van der Waals surface area (Å²) in [6, 6.07) is 0. The number of hydrogen-bond donors (Lipinski definition) is 0. The van der Waals surface area contributed by atoms with Crippen LogP contribution >= 0.6 is 11.3 Å². The van der Waals surface area contributed by atoms with E-state index in [0.717, 1.165) is 4.96 Å². The Morgan fingerprint density at radius 2 is 2.20 bits per heavy atom. The zero-order chi connectivity index (χ0) is 7.40. The predicted octanol–water partition coefficient (Wildman–Crippen LogP) is 2.20. The second kappa shape index (κ2) is 3.17. The van der Waals surface area contributed by atoms with Crippen LogP contribution in [0.25, 0.3) is 4.96 Å². The van der Waals surface area contributed by atoms with Gasteiger partial charge in [0.25, 0.3) is 0 Å². The first-order valence-electron chi connectivity index (χ1n) is 2.83. The summed E-state index contributed by atoms with van der Waals surface area (Å²) in [6.45, 7) is 6.00. The summed E-state index contributed by atoms with van der Waals surface area (Å²) < 4.78 is 1.99. The summed E-state index contributed by atoms with van der Waals surface area (Å²) in [7, 11) is 0. The van der Waals surface area contributed by atoms with Crippen LogP contribution < -0.4 is 0 Å². The maximum absolute atomic E-state index is 4.06. The number of fused-ring (bicyclic) bond motifs is 1. The summed E-state index contributed by atoms with van der Waals surface area (Å²) in [6.07, 6.45) is 5.73. The van der Waals surface area contributed by atoms with Crippen molar-refractivity contribution >= 4 is 16.3 Å². The van der Waals surface area contributed by atoms with Crippen LogP contribution in [0.5, 0.6) is 0 Å². The van der Waals surface area contributed by atoms with Gasteiger partial charge in [-0.15, -0.1) is 24.5 Å². The van der Waals surface area contributed by atoms with E-state index in [4.69, 9.17) is 0 Å². The van der Waals surface area contributed by atoms with E-state index in [9.17, 15) is 0 Å². The first-order chi connectivity index (χ1) is 4.97. The van der Waals surface area contributed by atoms with E-state index in [1.807, 2.05) is 22.2 Å². The topological polar surface area (TPSA) is 17.3 Å². The highest BCUT2D eigenvalue weighted by Crippen LogP contribution is 2.06. The van der Waals surface area contributed by atoms with Crippen molar-refractivity contribution in [3.63, 3.8) is 0 Å². The van der Waals surface area contributed by atoms with Crippen molar-refractivity contribution in [3.05, 3.63) is 37.1 Å². The molecule has 0 fully saturated rings. The molecule has 10 heavy (non-hydrogen) atoms. The highest BCUT2D eigenvalue weighted by atomic mass is 32.1. The average molecular weight is 152 g/mol. The van der Waals surface area contributed by atoms with Crippen molar-refractivity contribution in [1.82, 2.24) is 9.38 Å². The molecule has 0 atom stereocenters. The van der Waals surface area contributed by atoms with Crippen LogP contribution in [0.15, 0.2) is 37.1 Å². The van der Waals surface area contributed by atoms with Gasteiger partial charge in [-0.2, -0.15) is 0 Å². The van der Waals surface area contributed by atoms with E-state index in [1.54, 1.807) is 17.5 Å². The number of aromatic nitrogens is 2. The molecule has 2 aromatic rings.